The summed E-state index contributed by atoms with van der Waals surface area (Å²) in [6, 6.07) is 0. The van der Waals surface area contributed by atoms with Crippen LogP contribution >= 0.6 is 0 Å². The minimum Gasteiger partial charge on any atom is -0.454 e. The van der Waals surface area contributed by atoms with E-state index in [4.69, 9.17) is 0 Å². The summed E-state index contributed by atoms with van der Waals surface area (Å²) in [5.41, 5.74) is -1.10. The molecule has 0 amide bonds. The van der Waals surface area contributed by atoms with Crippen LogP contribution in [0.1, 0.15) is 20.8 Å². The van der Waals surface area contributed by atoms with Gasteiger partial charge in [0.1, 0.15) is 5.60 Å². The number of carbonyl (C=O) groups is 2. The van der Waals surface area contributed by atoms with Crippen molar-refractivity contribution in [1.29, 1.82) is 0 Å². The highest BCUT2D eigenvalue weighted by Crippen LogP contribution is 2.18. The Morgan fingerprint density at radius 2 is 1.46 bits per heavy atom. The van der Waals surface area contributed by atoms with Crippen molar-refractivity contribution in [2.24, 2.45) is 0 Å². The van der Waals surface area contributed by atoms with Crippen molar-refractivity contribution in [3.05, 3.63) is 0 Å². The van der Waals surface area contributed by atoms with Crippen molar-refractivity contribution in [2.45, 2.75) is 32.5 Å². The molecule has 76 valence electrons. The van der Waals surface area contributed by atoms with Crippen LogP contribution in [-0.2, 0) is 14.3 Å². The van der Waals surface area contributed by atoms with Crippen molar-refractivity contribution < 1.29 is 27.5 Å². The summed E-state index contributed by atoms with van der Waals surface area (Å²) in [5.74, 6) is -4.36. The Labute approximate surface area is 72.9 Å². The molecule has 0 unspecified atom stereocenters. The lowest BCUT2D eigenvalue weighted by molar-refractivity contribution is -0.188. The van der Waals surface area contributed by atoms with Crippen molar-refractivity contribution in [2.75, 3.05) is 0 Å². The number of halogens is 3. The third kappa shape index (κ3) is 4.49. The molecular weight excluding hydrogens is 189 g/mol. The number of esters is 1. The molecule has 6 heteroatoms. The lowest BCUT2D eigenvalue weighted by atomic mass is 10.2. The van der Waals surface area contributed by atoms with Crippen LogP contribution in [0.4, 0.5) is 13.2 Å². The summed E-state index contributed by atoms with van der Waals surface area (Å²) < 4.78 is 39.1. The van der Waals surface area contributed by atoms with Gasteiger partial charge in [-0.3, -0.25) is 4.79 Å². The second kappa shape index (κ2) is 3.35. The Hall–Kier alpha value is -1.07. The van der Waals surface area contributed by atoms with Gasteiger partial charge in [-0.15, -0.1) is 0 Å². The average molecular weight is 198 g/mol. The fourth-order valence-corrected chi connectivity index (χ4v) is 0.440. The van der Waals surface area contributed by atoms with Crippen LogP contribution in [-0.4, -0.2) is 23.5 Å². The molecule has 0 aromatic carbocycles. The second-order valence-corrected chi connectivity index (χ2v) is 3.33. The molecule has 0 aromatic rings. The van der Waals surface area contributed by atoms with E-state index in [1.54, 1.807) is 0 Å². The molecule has 0 aliphatic carbocycles. The molecule has 0 atom stereocenters. The molecule has 0 fully saturated rings. The molecule has 0 heterocycles. The molecule has 13 heavy (non-hydrogen) atoms. The van der Waals surface area contributed by atoms with Crippen LogP contribution in [0, 0.1) is 0 Å². The molecule has 0 spiro atoms. The van der Waals surface area contributed by atoms with Gasteiger partial charge in [-0.05, 0) is 20.8 Å². The summed E-state index contributed by atoms with van der Waals surface area (Å²) in [6.07, 6.45) is -5.16. The number of ketones is 1. The lowest BCUT2D eigenvalue weighted by Gasteiger charge is -2.18. The lowest BCUT2D eigenvalue weighted by Crippen LogP contribution is -2.36. The fraction of sp³-hybridized carbons (Fsp3) is 0.714. The van der Waals surface area contributed by atoms with E-state index in [-0.39, 0.29) is 0 Å². The highest BCUT2D eigenvalue weighted by Gasteiger charge is 2.45. The summed E-state index contributed by atoms with van der Waals surface area (Å²) >= 11 is 0. The zero-order valence-electron chi connectivity index (χ0n) is 7.36. The number of rotatable bonds is 1. The van der Waals surface area contributed by atoms with Gasteiger partial charge in [0.25, 0.3) is 0 Å². The molecule has 0 N–H and O–H groups in total. The quantitative estimate of drug-likeness (QED) is 0.473. The van der Waals surface area contributed by atoms with Gasteiger partial charge >= 0.3 is 17.9 Å². The summed E-state index contributed by atoms with van der Waals surface area (Å²) in [4.78, 5) is 20.8. The molecule has 0 radical (unpaired) electrons. The molecule has 0 aromatic heterocycles. The van der Waals surface area contributed by atoms with E-state index in [2.05, 4.69) is 4.74 Å². The van der Waals surface area contributed by atoms with Crippen molar-refractivity contribution in [3.63, 3.8) is 0 Å². The largest absolute Gasteiger partial charge is 0.461 e. The van der Waals surface area contributed by atoms with Crippen molar-refractivity contribution in [1.82, 2.24) is 0 Å². The van der Waals surface area contributed by atoms with Gasteiger partial charge in [-0.1, -0.05) is 0 Å². The predicted octanol–water partition coefficient (Wildman–Crippen LogP) is 1.46. The maximum absolute atomic E-state index is 11.6. The third-order valence-corrected chi connectivity index (χ3v) is 0.842. The van der Waals surface area contributed by atoms with Crippen LogP contribution in [0.3, 0.4) is 0 Å². The van der Waals surface area contributed by atoms with E-state index in [9.17, 15) is 22.8 Å². The van der Waals surface area contributed by atoms with Crippen LogP contribution in [0.15, 0.2) is 0 Å². The molecular formula is C7H9F3O3. The summed E-state index contributed by atoms with van der Waals surface area (Å²) in [6.45, 7) is 4.11. The standard InChI is InChI=1S/C7H9F3O3/c1-6(2,3)13-5(12)4(11)7(8,9)10/h1-3H3. The zero-order valence-corrected chi connectivity index (χ0v) is 7.36. The number of ether oxygens (including phenoxy) is 1. The SMILES string of the molecule is CC(C)(C)OC(=O)C(=O)C(F)(F)F. The first kappa shape index (κ1) is 11.9. The Balaban J connectivity index is 4.40. The van der Waals surface area contributed by atoms with E-state index >= 15 is 0 Å². The molecule has 0 saturated carbocycles. The summed E-state index contributed by atoms with van der Waals surface area (Å²) in [7, 11) is 0. The number of hydrogen-bond donors (Lipinski definition) is 0. The first-order valence-corrected chi connectivity index (χ1v) is 3.38. The minimum atomic E-state index is -5.16. The number of alkyl halides is 3. The van der Waals surface area contributed by atoms with Gasteiger partial charge in [0.15, 0.2) is 0 Å². The predicted molar refractivity (Wildman–Crippen MR) is 36.9 cm³/mol. The van der Waals surface area contributed by atoms with Crippen LogP contribution < -0.4 is 0 Å². The summed E-state index contributed by atoms with van der Waals surface area (Å²) in [5, 5.41) is 0. The van der Waals surface area contributed by atoms with Gasteiger partial charge in [0.05, 0.1) is 0 Å². The molecule has 0 bridgehead atoms. The fourth-order valence-electron chi connectivity index (χ4n) is 0.440. The van der Waals surface area contributed by atoms with Gasteiger partial charge in [0, 0.05) is 0 Å². The van der Waals surface area contributed by atoms with Crippen molar-refractivity contribution >= 4 is 11.8 Å². The first-order chi connectivity index (χ1) is 5.54. The van der Waals surface area contributed by atoms with Crippen molar-refractivity contribution in [3.8, 4) is 0 Å². The maximum atomic E-state index is 11.6. The highest BCUT2D eigenvalue weighted by atomic mass is 19.4. The molecule has 0 saturated heterocycles. The average Bonchev–Trinajstić information content (AvgIpc) is 1.79. The molecule has 0 aliphatic heterocycles. The van der Waals surface area contributed by atoms with E-state index in [0.717, 1.165) is 0 Å². The second-order valence-electron chi connectivity index (χ2n) is 3.33. The highest BCUT2D eigenvalue weighted by molar-refractivity contribution is 6.35. The molecule has 3 nitrogen and oxygen atoms in total. The van der Waals surface area contributed by atoms with E-state index in [0.29, 0.717) is 0 Å². The monoisotopic (exact) mass is 198 g/mol. The molecule has 0 rings (SSSR count). The first-order valence-electron chi connectivity index (χ1n) is 3.38. The normalized spacial score (nSPS) is 12.5. The van der Waals surface area contributed by atoms with Crippen LogP contribution in [0.2, 0.25) is 0 Å². The Morgan fingerprint density at radius 1 is 1.08 bits per heavy atom. The van der Waals surface area contributed by atoms with Gasteiger partial charge in [-0.2, -0.15) is 13.2 Å². The Bertz CT molecular complexity index is 224. The third-order valence-electron chi connectivity index (χ3n) is 0.842. The number of carbonyl (C=O) groups excluding carboxylic acids is 2. The maximum Gasteiger partial charge on any atom is 0.461 e. The Morgan fingerprint density at radius 3 is 1.69 bits per heavy atom. The van der Waals surface area contributed by atoms with Gasteiger partial charge in [-0.25, -0.2) is 4.79 Å². The van der Waals surface area contributed by atoms with E-state index < -0.39 is 23.5 Å². The number of Topliss-reactive ketones (excluding diaryl/α,β-unsaturated/α-hetero) is 1. The zero-order chi connectivity index (χ0) is 10.9. The van der Waals surface area contributed by atoms with Crippen LogP contribution in [0.5, 0.6) is 0 Å². The van der Waals surface area contributed by atoms with E-state index in [1.165, 1.54) is 20.8 Å². The Kier molecular flexibility index (Phi) is 3.08. The van der Waals surface area contributed by atoms with E-state index in [1.807, 2.05) is 0 Å². The van der Waals surface area contributed by atoms with Crippen LogP contribution in [0.25, 0.3) is 0 Å². The van der Waals surface area contributed by atoms with Gasteiger partial charge < -0.3 is 4.74 Å². The topological polar surface area (TPSA) is 43.4 Å². The van der Waals surface area contributed by atoms with Gasteiger partial charge in [0.2, 0.25) is 0 Å². The minimum absolute atomic E-state index is 1.10. The molecule has 0 aliphatic rings. The smallest absolute Gasteiger partial charge is 0.454 e. The number of hydrogen-bond acceptors (Lipinski definition) is 3.